The third-order valence-corrected chi connectivity index (χ3v) is 5.20. The molecule has 0 bridgehead atoms. The molecule has 27 heavy (non-hydrogen) atoms. The highest BCUT2D eigenvalue weighted by molar-refractivity contribution is 5.95. The lowest BCUT2D eigenvalue weighted by Crippen LogP contribution is -2.53. The smallest absolute Gasteiger partial charge is 0.339 e. The molecule has 2 aromatic carbocycles. The van der Waals surface area contributed by atoms with Crippen molar-refractivity contribution in [2.45, 2.75) is 12.5 Å². The number of anilines is 1. The predicted molar refractivity (Wildman–Crippen MR) is 101 cm³/mol. The van der Waals surface area contributed by atoms with Crippen molar-refractivity contribution in [3.05, 3.63) is 59.7 Å². The Bertz CT molecular complexity index is 842. The number of cyclic esters (lactones) is 1. The number of hydrogen-bond donors (Lipinski definition) is 0. The van der Waals surface area contributed by atoms with E-state index >= 15 is 0 Å². The van der Waals surface area contributed by atoms with Crippen LogP contribution in [0.15, 0.2) is 48.5 Å². The Balaban J connectivity index is 1.38. The number of methoxy groups -OCH3 is 1. The minimum absolute atomic E-state index is 0.104. The number of esters is 1. The molecule has 1 fully saturated rings. The lowest BCUT2D eigenvalue weighted by atomic mass is 9.98. The fraction of sp³-hybridized carbons (Fsp3) is 0.333. The highest BCUT2D eigenvalue weighted by Crippen LogP contribution is 2.24. The fourth-order valence-corrected chi connectivity index (χ4v) is 3.65. The third-order valence-electron chi connectivity index (χ3n) is 5.20. The molecule has 2 aliphatic rings. The zero-order valence-electron chi connectivity index (χ0n) is 15.3. The van der Waals surface area contributed by atoms with Crippen molar-refractivity contribution in [1.82, 2.24) is 4.90 Å². The van der Waals surface area contributed by atoms with E-state index in [0.29, 0.717) is 25.1 Å². The van der Waals surface area contributed by atoms with Gasteiger partial charge in [-0.3, -0.25) is 4.79 Å². The van der Waals surface area contributed by atoms with Gasteiger partial charge in [-0.05, 0) is 35.9 Å². The number of benzene rings is 2. The number of carbonyl (C=O) groups excluding carboxylic acids is 2. The third kappa shape index (κ3) is 3.47. The van der Waals surface area contributed by atoms with Crippen LogP contribution in [-0.2, 0) is 16.0 Å². The molecule has 140 valence electrons. The second-order valence-electron chi connectivity index (χ2n) is 6.77. The van der Waals surface area contributed by atoms with Gasteiger partial charge in [-0.15, -0.1) is 0 Å². The van der Waals surface area contributed by atoms with E-state index in [-0.39, 0.29) is 5.91 Å². The minimum Gasteiger partial charge on any atom is -0.497 e. The Kier molecular flexibility index (Phi) is 4.71. The number of carbonyl (C=O) groups is 2. The van der Waals surface area contributed by atoms with Gasteiger partial charge in [0, 0.05) is 38.3 Å². The summed E-state index contributed by atoms with van der Waals surface area (Å²) >= 11 is 0. The van der Waals surface area contributed by atoms with Crippen LogP contribution in [0.1, 0.15) is 15.9 Å². The average molecular weight is 366 g/mol. The van der Waals surface area contributed by atoms with Gasteiger partial charge in [0.25, 0.3) is 5.91 Å². The van der Waals surface area contributed by atoms with Gasteiger partial charge >= 0.3 is 5.97 Å². The summed E-state index contributed by atoms with van der Waals surface area (Å²) in [6, 6.07) is 15.2. The molecule has 0 unspecified atom stereocenters. The van der Waals surface area contributed by atoms with Crippen molar-refractivity contribution in [2.75, 3.05) is 38.2 Å². The molecule has 4 rings (SSSR count). The van der Waals surface area contributed by atoms with Gasteiger partial charge in [0.1, 0.15) is 5.75 Å². The maximum absolute atomic E-state index is 12.8. The van der Waals surface area contributed by atoms with Crippen LogP contribution in [-0.4, -0.2) is 56.2 Å². The standard InChI is InChI=1S/C21H22N2O4/c1-26-17-8-6-16(7-9-17)22-10-12-23(13-11-22)20(24)19-14-15-4-2-3-5-18(15)21(25)27-19/h2-9,19H,10-14H2,1H3/t19-/m0/s1. The largest absolute Gasteiger partial charge is 0.497 e. The SMILES string of the molecule is COc1ccc(N2CCN(C(=O)[C@@H]3Cc4ccccc4C(=O)O3)CC2)cc1. The van der Waals surface area contributed by atoms with Crippen LogP contribution in [0, 0.1) is 0 Å². The lowest BCUT2D eigenvalue weighted by molar-refractivity contribution is -0.141. The van der Waals surface area contributed by atoms with Gasteiger partial charge in [-0.2, -0.15) is 0 Å². The molecule has 0 spiro atoms. The van der Waals surface area contributed by atoms with E-state index in [0.717, 1.165) is 30.1 Å². The summed E-state index contributed by atoms with van der Waals surface area (Å²) in [5.74, 6) is 0.311. The van der Waals surface area contributed by atoms with E-state index in [1.54, 1.807) is 24.1 Å². The fourth-order valence-electron chi connectivity index (χ4n) is 3.65. The van der Waals surface area contributed by atoms with Crippen molar-refractivity contribution >= 4 is 17.6 Å². The van der Waals surface area contributed by atoms with Gasteiger partial charge in [0.2, 0.25) is 0 Å². The zero-order valence-corrected chi connectivity index (χ0v) is 15.3. The highest BCUT2D eigenvalue weighted by Gasteiger charge is 2.34. The van der Waals surface area contributed by atoms with Crippen LogP contribution in [0.4, 0.5) is 5.69 Å². The first-order valence-electron chi connectivity index (χ1n) is 9.12. The maximum atomic E-state index is 12.8. The molecule has 0 saturated carbocycles. The van der Waals surface area contributed by atoms with Crippen LogP contribution in [0.5, 0.6) is 5.75 Å². The molecule has 1 atom stereocenters. The molecule has 2 aromatic rings. The number of hydrogen-bond acceptors (Lipinski definition) is 5. The van der Waals surface area contributed by atoms with E-state index < -0.39 is 12.1 Å². The summed E-state index contributed by atoms with van der Waals surface area (Å²) in [5, 5.41) is 0. The Morgan fingerprint density at radius 1 is 1.04 bits per heavy atom. The van der Waals surface area contributed by atoms with Gasteiger partial charge in [-0.1, -0.05) is 18.2 Å². The van der Waals surface area contributed by atoms with Crippen LogP contribution >= 0.6 is 0 Å². The molecule has 6 nitrogen and oxygen atoms in total. The van der Waals surface area contributed by atoms with Crippen molar-refractivity contribution in [1.29, 1.82) is 0 Å². The van der Waals surface area contributed by atoms with Crippen LogP contribution in [0.25, 0.3) is 0 Å². The summed E-state index contributed by atoms with van der Waals surface area (Å²) in [6.07, 6.45) is -0.278. The van der Waals surface area contributed by atoms with Gasteiger partial charge < -0.3 is 19.3 Å². The Morgan fingerprint density at radius 2 is 1.74 bits per heavy atom. The second kappa shape index (κ2) is 7.31. The summed E-state index contributed by atoms with van der Waals surface area (Å²) in [6.45, 7) is 2.71. The topological polar surface area (TPSA) is 59.1 Å². The summed E-state index contributed by atoms with van der Waals surface area (Å²) in [5.41, 5.74) is 2.55. The maximum Gasteiger partial charge on any atom is 0.339 e. The molecule has 0 N–H and O–H groups in total. The summed E-state index contributed by atoms with van der Waals surface area (Å²) < 4.78 is 10.6. The predicted octanol–water partition coefficient (Wildman–Crippen LogP) is 2.13. The van der Waals surface area contributed by atoms with Crippen molar-refractivity contribution < 1.29 is 19.1 Å². The Hall–Kier alpha value is -3.02. The quantitative estimate of drug-likeness (QED) is 0.779. The zero-order chi connectivity index (χ0) is 18.8. The molecule has 0 radical (unpaired) electrons. The minimum atomic E-state index is -0.722. The highest BCUT2D eigenvalue weighted by atomic mass is 16.5. The molecule has 1 saturated heterocycles. The van der Waals surface area contributed by atoms with E-state index in [1.165, 1.54) is 0 Å². The van der Waals surface area contributed by atoms with E-state index in [4.69, 9.17) is 9.47 Å². The normalized spacial score (nSPS) is 19.3. The number of amides is 1. The molecule has 0 aromatic heterocycles. The lowest BCUT2D eigenvalue weighted by Gasteiger charge is -2.38. The van der Waals surface area contributed by atoms with E-state index in [1.807, 2.05) is 36.4 Å². The number of ether oxygens (including phenoxy) is 2. The number of nitrogens with zero attached hydrogens (tertiary/aromatic N) is 2. The number of fused-ring (bicyclic) bond motifs is 1. The Morgan fingerprint density at radius 3 is 2.44 bits per heavy atom. The summed E-state index contributed by atoms with van der Waals surface area (Å²) in [4.78, 5) is 29.0. The van der Waals surface area contributed by atoms with Gasteiger partial charge in [0.05, 0.1) is 12.7 Å². The van der Waals surface area contributed by atoms with E-state index in [2.05, 4.69) is 4.90 Å². The molecular weight excluding hydrogens is 344 g/mol. The van der Waals surface area contributed by atoms with Gasteiger partial charge in [-0.25, -0.2) is 4.79 Å². The number of piperazine rings is 1. The first-order valence-corrected chi connectivity index (χ1v) is 9.12. The van der Waals surface area contributed by atoms with Crippen molar-refractivity contribution in [3.63, 3.8) is 0 Å². The first kappa shape index (κ1) is 17.4. The first-order chi connectivity index (χ1) is 13.2. The summed E-state index contributed by atoms with van der Waals surface area (Å²) in [7, 11) is 1.65. The Labute approximate surface area is 158 Å². The molecule has 2 aliphatic heterocycles. The molecule has 1 amide bonds. The molecule has 2 heterocycles. The molecular formula is C21H22N2O4. The second-order valence-corrected chi connectivity index (χ2v) is 6.77. The van der Waals surface area contributed by atoms with Crippen LogP contribution in [0.3, 0.4) is 0 Å². The van der Waals surface area contributed by atoms with Crippen LogP contribution in [0.2, 0.25) is 0 Å². The van der Waals surface area contributed by atoms with Crippen molar-refractivity contribution in [3.8, 4) is 5.75 Å². The molecule has 6 heteroatoms. The molecule has 0 aliphatic carbocycles. The van der Waals surface area contributed by atoms with Gasteiger partial charge in [0.15, 0.2) is 6.10 Å². The number of rotatable bonds is 3. The average Bonchev–Trinajstić information content (AvgIpc) is 2.73. The van der Waals surface area contributed by atoms with E-state index in [9.17, 15) is 9.59 Å². The monoisotopic (exact) mass is 366 g/mol. The van der Waals surface area contributed by atoms with Crippen molar-refractivity contribution in [2.24, 2.45) is 0 Å². The van der Waals surface area contributed by atoms with Crippen LogP contribution < -0.4 is 9.64 Å².